The SMILES string of the molecule is Cc1cc2c(Nc3ccccc3Br)nc(N3CCCC3)nc2[nH]1. The summed E-state index contributed by atoms with van der Waals surface area (Å²) in [5.74, 6) is 1.64. The van der Waals surface area contributed by atoms with Crippen molar-refractivity contribution in [3.8, 4) is 0 Å². The number of hydrogen-bond acceptors (Lipinski definition) is 4. The summed E-state index contributed by atoms with van der Waals surface area (Å²) in [6.45, 7) is 4.10. The molecule has 2 aromatic heterocycles. The summed E-state index contributed by atoms with van der Waals surface area (Å²) in [5, 5.41) is 4.46. The zero-order valence-electron chi connectivity index (χ0n) is 12.9. The lowest BCUT2D eigenvalue weighted by atomic mass is 10.3. The Kier molecular flexibility index (Phi) is 3.69. The van der Waals surface area contributed by atoms with Crippen LogP contribution in [0.3, 0.4) is 0 Å². The van der Waals surface area contributed by atoms with E-state index in [2.05, 4.69) is 37.2 Å². The van der Waals surface area contributed by atoms with Crippen LogP contribution in [0.4, 0.5) is 17.5 Å². The number of fused-ring (bicyclic) bond motifs is 1. The number of rotatable bonds is 3. The number of benzene rings is 1. The van der Waals surface area contributed by atoms with Crippen molar-refractivity contribution >= 4 is 44.4 Å². The van der Waals surface area contributed by atoms with E-state index in [-0.39, 0.29) is 0 Å². The molecule has 6 heteroatoms. The number of para-hydroxylation sites is 1. The van der Waals surface area contributed by atoms with Crippen molar-refractivity contribution in [1.82, 2.24) is 15.0 Å². The standard InChI is InChI=1S/C17H18BrN5/c1-11-10-12-15(19-11)21-17(23-8-4-5-9-23)22-16(12)20-14-7-3-2-6-13(14)18/h2-3,6-7,10H,4-5,8-9H2,1H3,(H2,19,20,21,22). The molecule has 3 aromatic rings. The molecular formula is C17H18BrN5. The Morgan fingerprint density at radius 1 is 1.17 bits per heavy atom. The van der Waals surface area contributed by atoms with Crippen LogP contribution in [0.2, 0.25) is 0 Å². The van der Waals surface area contributed by atoms with Gasteiger partial charge in [-0.3, -0.25) is 0 Å². The minimum Gasteiger partial charge on any atom is -0.343 e. The molecule has 2 N–H and O–H groups in total. The normalized spacial score (nSPS) is 14.6. The molecule has 1 saturated heterocycles. The average Bonchev–Trinajstić information content (AvgIpc) is 3.18. The molecule has 1 aliphatic rings. The third kappa shape index (κ3) is 2.79. The number of aromatic amines is 1. The minimum absolute atomic E-state index is 0.798. The molecule has 0 unspecified atom stereocenters. The highest BCUT2D eigenvalue weighted by atomic mass is 79.9. The second-order valence-corrected chi connectivity index (χ2v) is 6.74. The minimum atomic E-state index is 0.798. The first-order valence-corrected chi connectivity index (χ1v) is 8.64. The first kappa shape index (κ1) is 14.5. The van der Waals surface area contributed by atoms with Crippen LogP contribution < -0.4 is 10.2 Å². The van der Waals surface area contributed by atoms with Gasteiger partial charge >= 0.3 is 0 Å². The third-order valence-electron chi connectivity index (χ3n) is 4.13. The van der Waals surface area contributed by atoms with Crippen molar-refractivity contribution in [2.75, 3.05) is 23.3 Å². The van der Waals surface area contributed by atoms with Crippen LogP contribution in [0.1, 0.15) is 18.5 Å². The molecule has 23 heavy (non-hydrogen) atoms. The molecule has 1 fully saturated rings. The summed E-state index contributed by atoms with van der Waals surface area (Å²) in [6.07, 6.45) is 2.41. The number of hydrogen-bond donors (Lipinski definition) is 2. The molecule has 0 bridgehead atoms. The van der Waals surface area contributed by atoms with Gasteiger partial charge in [-0.25, -0.2) is 0 Å². The van der Waals surface area contributed by atoms with Gasteiger partial charge in [0.2, 0.25) is 5.95 Å². The topological polar surface area (TPSA) is 56.8 Å². The number of nitrogens with zero attached hydrogens (tertiary/aromatic N) is 3. The maximum absolute atomic E-state index is 4.80. The summed E-state index contributed by atoms with van der Waals surface area (Å²) in [4.78, 5) is 15.1. The van der Waals surface area contributed by atoms with Gasteiger partial charge in [0.25, 0.3) is 0 Å². The molecule has 0 radical (unpaired) electrons. The fourth-order valence-corrected chi connectivity index (χ4v) is 3.36. The zero-order valence-corrected chi connectivity index (χ0v) is 14.5. The molecule has 0 aliphatic carbocycles. The van der Waals surface area contributed by atoms with Crippen LogP contribution in [0.5, 0.6) is 0 Å². The van der Waals surface area contributed by atoms with E-state index in [1.54, 1.807) is 0 Å². The number of anilines is 3. The Hall–Kier alpha value is -2.08. The van der Waals surface area contributed by atoms with Crippen molar-refractivity contribution < 1.29 is 0 Å². The van der Waals surface area contributed by atoms with E-state index in [9.17, 15) is 0 Å². The second-order valence-electron chi connectivity index (χ2n) is 5.89. The summed E-state index contributed by atoms with van der Waals surface area (Å²) < 4.78 is 1.02. The van der Waals surface area contributed by atoms with E-state index >= 15 is 0 Å². The van der Waals surface area contributed by atoms with Crippen molar-refractivity contribution in [2.45, 2.75) is 19.8 Å². The van der Waals surface area contributed by atoms with E-state index in [0.717, 1.165) is 51.7 Å². The summed E-state index contributed by atoms with van der Waals surface area (Å²) in [5.41, 5.74) is 2.97. The van der Waals surface area contributed by atoms with E-state index in [0.29, 0.717) is 0 Å². The van der Waals surface area contributed by atoms with Crippen LogP contribution in [-0.2, 0) is 0 Å². The number of aryl methyl sites for hydroxylation is 1. The van der Waals surface area contributed by atoms with Crippen LogP contribution in [0, 0.1) is 6.92 Å². The number of nitrogens with one attached hydrogen (secondary N) is 2. The molecule has 4 rings (SSSR count). The smallest absolute Gasteiger partial charge is 0.229 e. The fraction of sp³-hybridized carbons (Fsp3) is 0.294. The Bertz CT molecular complexity index is 851. The van der Waals surface area contributed by atoms with Crippen LogP contribution >= 0.6 is 15.9 Å². The van der Waals surface area contributed by atoms with Gasteiger partial charge in [0.15, 0.2) is 0 Å². The molecule has 5 nitrogen and oxygen atoms in total. The van der Waals surface area contributed by atoms with E-state index < -0.39 is 0 Å². The Morgan fingerprint density at radius 2 is 1.96 bits per heavy atom. The number of H-pyrrole nitrogens is 1. The number of aromatic nitrogens is 3. The highest BCUT2D eigenvalue weighted by molar-refractivity contribution is 9.10. The average molecular weight is 372 g/mol. The lowest BCUT2D eigenvalue weighted by molar-refractivity contribution is 0.907. The predicted molar refractivity (Wildman–Crippen MR) is 97.5 cm³/mol. The van der Waals surface area contributed by atoms with Crippen LogP contribution in [-0.4, -0.2) is 28.0 Å². The van der Waals surface area contributed by atoms with Gasteiger partial charge in [0.05, 0.1) is 11.1 Å². The van der Waals surface area contributed by atoms with Crippen molar-refractivity contribution in [3.63, 3.8) is 0 Å². The van der Waals surface area contributed by atoms with Gasteiger partial charge in [-0.1, -0.05) is 12.1 Å². The van der Waals surface area contributed by atoms with Gasteiger partial charge in [0, 0.05) is 23.3 Å². The van der Waals surface area contributed by atoms with Gasteiger partial charge in [-0.05, 0) is 53.9 Å². The molecule has 1 aliphatic heterocycles. The molecule has 3 heterocycles. The first-order valence-electron chi connectivity index (χ1n) is 7.84. The summed E-state index contributed by atoms with van der Waals surface area (Å²) in [7, 11) is 0. The third-order valence-corrected chi connectivity index (χ3v) is 4.82. The highest BCUT2D eigenvalue weighted by Gasteiger charge is 2.18. The summed E-state index contributed by atoms with van der Waals surface area (Å²) in [6, 6.07) is 10.1. The van der Waals surface area contributed by atoms with Crippen LogP contribution in [0.25, 0.3) is 11.0 Å². The largest absolute Gasteiger partial charge is 0.343 e. The molecule has 0 atom stereocenters. The van der Waals surface area contributed by atoms with E-state index in [1.807, 2.05) is 31.2 Å². The van der Waals surface area contributed by atoms with Crippen LogP contribution in [0.15, 0.2) is 34.8 Å². The molecule has 0 saturated carbocycles. The second kappa shape index (κ2) is 5.85. The van der Waals surface area contributed by atoms with E-state index in [1.165, 1.54) is 12.8 Å². The monoisotopic (exact) mass is 371 g/mol. The Balaban J connectivity index is 1.81. The number of halogens is 1. The zero-order chi connectivity index (χ0) is 15.8. The molecule has 1 aromatic carbocycles. The van der Waals surface area contributed by atoms with Crippen molar-refractivity contribution in [1.29, 1.82) is 0 Å². The molecular weight excluding hydrogens is 354 g/mol. The van der Waals surface area contributed by atoms with Gasteiger partial charge in [0.1, 0.15) is 11.5 Å². The van der Waals surface area contributed by atoms with Crippen molar-refractivity contribution in [2.24, 2.45) is 0 Å². The van der Waals surface area contributed by atoms with E-state index in [4.69, 9.17) is 9.97 Å². The van der Waals surface area contributed by atoms with Crippen molar-refractivity contribution in [3.05, 3.63) is 40.5 Å². The first-order chi connectivity index (χ1) is 11.2. The molecule has 0 amide bonds. The lowest BCUT2D eigenvalue weighted by Crippen LogP contribution is -2.20. The predicted octanol–water partition coefficient (Wildman–Crippen LogP) is 4.37. The lowest BCUT2D eigenvalue weighted by Gasteiger charge is -2.17. The Labute approximate surface area is 143 Å². The maximum Gasteiger partial charge on any atom is 0.229 e. The molecule has 0 spiro atoms. The maximum atomic E-state index is 4.80. The quantitative estimate of drug-likeness (QED) is 0.717. The Morgan fingerprint density at radius 3 is 2.74 bits per heavy atom. The summed E-state index contributed by atoms with van der Waals surface area (Å²) >= 11 is 3.58. The highest BCUT2D eigenvalue weighted by Crippen LogP contribution is 2.30. The van der Waals surface area contributed by atoms with Gasteiger partial charge in [-0.2, -0.15) is 9.97 Å². The molecule has 118 valence electrons. The van der Waals surface area contributed by atoms with Gasteiger partial charge in [-0.15, -0.1) is 0 Å². The van der Waals surface area contributed by atoms with Gasteiger partial charge < -0.3 is 15.2 Å². The fourth-order valence-electron chi connectivity index (χ4n) is 2.97.